The van der Waals surface area contributed by atoms with Gasteiger partial charge in [0.25, 0.3) is 0 Å². The van der Waals surface area contributed by atoms with E-state index in [2.05, 4.69) is 10.2 Å². The van der Waals surface area contributed by atoms with E-state index in [0.717, 1.165) is 37.4 Å². The molecular weight excluding hydrogens is 389 g/mol. The van der Waals surface area contributed by atoms with Crippen LogP contribution in [0.3, 0.4) is 0 Å². The third-order valence-electron chi connectivity index (χ3n) is 5.44. The number of carbonyl (C=O) groups is 1. The molecule has 1 saturated heterocycles. The molecule has 1 aliphatic heterocycles. The molecule has 3 rings (SSSR count). The van der Waals surface area contributed by atoms with Crippen LogP contribution in [0, 0.1) is 5.82 Å². The number of carbonyl (C=O) groups excluding carboxylic acids is 1. The van der Waals surface area contributed by atoms with Crippen LogP contribution in [0.4, 0.5) is 4.39 Å². The topological polar surface area (TPSA) is 54.3 Å². The van der Waals surface area contributed by atoms with Gasteiger partial charge in [-0.1, -0.05) is 24.6 Å². The van der Waals surface area contributed by atoms with Crippen molar-refractivity contribution < 1.29 is 9.18 Å². The van der Waals surface area contributed by atoms with Crippen LogP contribution >= 0.6 is 11.8 Å². The quantitative estimate of drug-likeness (QED) is 0.665. The minimum atomic E-state index is -0.289. The lowest BCUT2D eigenvalue weighted by Gasteiger charge is -2.24. The summed E-state index contributed by atoms with van der Waals surface area (Å²) in [5, 5.41) is 9.18. The molecule has 0 radical (unpaired) electrons. The van der Waals surface area contributed by atoms with Crippen molar-refractivity contribution in [3.05, 3.63) is 35.9 Å². The number of hydrogen-bond donors (Lipinski definition) is 0. The molecule has 2 heterocycles. The van der Waals surface area contributed by atoms with Crippen LogP contribution in [0.2, 0.25) is 0 Å². The fourth-order valence-corrected chi connectivity index (χ4v) is 4.41. The Morgan fingerprint density at radius 2 is 1.69 bits per heavy atom. The van der Waals surface area contributed by atoms with E-state index >= 15 is 0 Å². The summed E-state index contributed by atoms with van der Waals surface area (Å²) in [5.41, 5.74) is 0.789. The van der Waals surface area contributed by atoms with Gasteiger partial charge in [0.15, 0.2) is 11.0 Å². The summed E-state index contributed by atoms with van der Waals surface area (Å²) in [6, 6.07) is 6.31. The first kappa shape index (κ1) is 21.8. The Morgan fingerprint density at radius 3 is 2.28 bits per heavy atom. The van der Waals surface area contributed by atoms with Crippen LogP contribution in [0.25, 0.3) is 5.69 Å². The van der Waals surface area contributed by atoms with E-state index in [1.807, 2.05) is 42.3 Å². The lowest BCUT2D eigenvalue weighted by atomic mass is 10.2. The van der Waals surface area contributed by atoms with Gasteiger partial charge in [-0.05, 0) is 65.0 Å². The van der Waals surface area contributed by atoms with E-state index in [1.54, 1.807) is 12.1 Å². The summed E-state index contributed by atoms with van der Waals surface area (Å²) in [5.74, 6) is 0.620. The smallest absolute Gasteiger partial charge is 0.235 e. The summed E-state index contributed by atoms with van der Waals surface area (Å²) in [6.45, 7) is 5.63. The molecule has 0 bridgehead atoms. The first-order chi connectivity index (χ1) is 13.9. The highest BCUT2D eigenvalue weighted by molar-refractivity contribution is 8.00. The van der Waals surface area contributed by atoms with Gasteiger partial charge in [-0.2, -0.15) is 0 Å². The van der Waals surface area contributed by atoms with E-state index in [9.17, 15) is 9.18 Å². The predicted octanol–water partition coefficient (Wildman–Crippen LogP) is 3.91. The SMILES string of the molecule is C[C@H](c1nnc(S[C@H](C)C(=O)N2CCCCCC2)n1-c1ccc(F)cc1)N(C)C. The second-order valence-corrected chi connectivity index (χ2v) is 9.10. The second-order valence-electron chi connectivity index (χ2n) is 7.79. The Morgan fingerprint density at radius 1 is 1.07 bits per heavy atom. The van der Waals surface area contributed by atoms with Gasteiger partial charge in [-0.15, -0.1) is 10.2 Å². The van der Waals surface area contributed by atoms with E-state index in [-0.39, 0.29) is 23.0 Å². The van der Waals surface area contributed by atoms with Crippen molar-refractivity contribution in [2.45, 2.75) is 56.0 Å². The third kappa shape index (κ3) is 5.17. The summed E-state index contributed by atoms with van der Waals surface area (Å²) in [7, 11) is 3.96. The maximum absolute atomic E-state index is 13.5. The van der Waals surface area contributed by atoms with Crippen LogP contribution in [0.5, 0.6) is 0 Å². The lowest BCUT2D eigenvalue weighted by Crippen LogP contribution is -2.37. The molecule has 2 aromatic rings. The number of likely N-dealkylation sites (tertiary alicyclic amines) is 1. The average Bonchev–Trinajstić information content (AvgIpc) is 2.92. The first-order valence-corrected chi connectivity index (χ1v) is 11.1. The van der Waals surface area contributed by atoms with Crippen LogP contribution in [0.1, 0.15) is 51.4 Å². The molecule has 0 saturated carbocycles. The largest absolute Gasteiger partial charge is 0.342 e. The first-order valence-electron chi connectivity index (χ1n) is 10.2. The number of halogens is 1. The fraction of sp³-hybridized carbons (Fsp3) is 0.571. The van der Waals surface area contributed by atoms with E-state index in [1.165, 1.54) is 36.7 Å². The zero-order valence-corrected chi connectivity index (χ0v) is 18.5. The van der Waals surface area contributed by atoms with Crippen LogP contribution in [0.15, 0.2) is 29.4 Å². The second kappa shape index (κ2) is 9.71. The average molecular weight is 420 g/mol. The molecular formula is C21H30FN5OS. The Labute approximate surface area is 176 Å². The van der Waals surface area contributed by atoms with Gasteiger partial charge >= 0.3 is 0 Å². The molecule has 1 amide bonds. The monoisotopic (exact) mass is 419 g/mol. The van der Waals surface area contributed by atoms with Gasteiger partial charge < -0.3 is 4.90 Å². The lowest BCUT2D eigenvalue weighted by molar-refractivity contribution is -0.130. The maximum atomic E-state index is 13.5. The van der Waals surface area contributed by atoms with Crippen molar-refractivity contribution in [1.82, 2.24) is 24.6 Å². The van der Waals surface area contributed by atoms with E-state index in [0.29, 0.717) is 5.16 Å². The molecule has 158 valence electrons. The van der Waals surface area contributed by atoms with Crippen LogP contribution in [-0.2, 0) is 4.79 Å². The molecule has 1 aliphatic rings. The minimum absolute atomic E-state index is 0.0125. The molecule has 29 heavy (non-hydrogen) atoms. The van der Waals surface area contributed by atoms with Gasteiger partial charge in [0.1, 0.15) is 5.82 Å². The predicted molar refractivity (Wildman–Crippen MR) is 114 cm³/mol. The Bertz CT molecular complexity index is 815. The molecule has 6 nitrogen and oxygen atoms in total. The normalized spacial score (nSPS) is 17.2. The van der Waals surface area contributed by atoms with Gasteiger partial charge in [-0.25, -0.2) is 4.39 Å². The van der Waals surface area contributed by atoms with Crippen molar-refractivity contribution in [3.63, 3.8) is 0 Å². The molecule has 8 heteroatoms. The third-order valence-corrected chi connectivity index (χ3v) is 6.47. The van der Waals surface area contributed by atoms with Crippen molar-refractivity contribution in [2.75, 3.05) is 27.2 Å². The van der Waals surface area contributed by atoms with Crippen LogP contribution in [-0.4, -0.2) is 62.9 Å². The molecule has 0 unspecified atom stereocenters. The molecule has 0 aliphatic carbocycles. The number of rotatable bonds is 6. The van der Waals surface area contributed by atoms with Crippen molar-refractivity contribution in [1.29, 1.82) is 0 Å². The van der Waals surface area contributed by atoms with Gasteiger partial charge in [0.2, 0.25) is 5.91 Å². The highest BCUT2D eigenvalue weighted by Gasteiger charge is 2.27. The van der Waals surface area contributed by atoms with Gasteiger partial charge in [-0.3, -0.25) is 14.3 Å². The Balaban J connectivity index is 1.88. The number of nitrogens with zero attached hydrogens (tertiary/aromatic N) is 5. The Hall–Kier alpha value is -1.93. The number of benzene rings is 1. The maximum Gasteiger partial charge on any atom is 0.235 e. The zero-order chi connectivity index (χ0) is 21.0. The summed E-state index contributed by atoms with van der Waals surface area (Å²) in [6.07, 6.45) is 4.52. The zero-order valence-electron chi connectivity index (χ0n) is 17.6. The van der Waals surface area contributed by atoms with Crippen LogP contribution < -0.4 is 0 Å². The van der Waals surface area contributed by atoms with E-state index in [4.69, 9.17) is 0 Å². The summed E-state index contributed by atoms with van der Waals surface area (Å²) in [4.78, 5) is 17.0. The Kier molecular flexibility index (Phi) is 7.29. The molecule has 0 N–H and O–H groups in total. The molecule has 1 fully saturated rings. The van der Waals surface area contributed by atoms with Gasteiger partial charge in [0.05, 0.1) is 11.3 Å². The standard InChI is InChI=1S/C21H30FN5OS/c1-15(25(3)4)19-23-24-21(27(19)18-11-9-17(22)10-12-18)29-16(2)20(28)26-13-7-5-6-8-14-26/h9-12,15-16H,5-8,13-14H2,1-4H3/t15-,16-/m1/s1. The summed E-state index contributed by atoms with van der Waals surface area (Å²) < 4.78 is 15.4. The molecule has 1 aromatic carbocycles. The van der Waals surface area contributed by atoms with Gasteiger partial charge in [0, 0.05) is 18.8 Å². The molecule has 1 aromatic heterocycles. The van der Waals surface area contributed by atoms with E-state index < -0.39 is 0 Å². The number of thioether (sulfide) groups is 1. The van der Waals surface area contributed by atoms with Crippen molar-refractivity contribution in [3.8, 4) is 5.69 Å². The molecule has 2 atom stereocenters. The van der Waals surface area contributed by atoms with Crippen molar-refractivity contribution >= 4 is 17.7 Å². The number of amides is 1. The fourth-order valence-electron chi connectivity index (χ4n) is 3.45. The minimum Gasteiger partial charge on any atom is -0.342 e. The number of hydrogen-bond acceptors (Lipinski definition) is 5. The number of aromatic nitrogens is 3. The molecule has 0 spiro atoms. The summed E-state index contributed by atoms with van der Waals surface area (Å²) >= 11 is 1.41. The van der Waals surface area contributed by atoms with Crippen molar-refractivity contribution in [2.24, 2.45) is 0 Å². The highest BCUT2D eigenvalue weighted by Crippen LogP contribution is 2.30. The highest BCUT2D eigenvalue weighted by atomic mass is 32.2.